The highest BCUT2D eigenvalue weighted by Crippen LogP contribution is 2.29. The van der Waals surface area contributed by atoms with Crippen LogP contribution in [-0.2, 0) is 18.3 Å². The van der Waals surface area contributed by atoms with E-state index < -0.39 is 0 Å². The Balaban J connectivity index is 1.82. The summed E-state index contributed by atoms with van der Waals surface area (Å²) in [5.74, 6) is 0. The number of rotatable bonds is 3. The Kier molecular flexibility index (Phi) is 4.02. The molecule has 3 heterocycles. The van der Waals surface area contributed by atoms with Gasteiger partial charge in [0, 0.05) is 32.0 Å². The average Bonchev–Trinajstić information content (AvgIpc) is 3.00. The van der Waals surface area contributed by atoms with Crippen molar-refractivity contribution in [1.82, 2.24) is 13.8 Å². The van der Waals surface area contributed by atoms with Gasteiger partial charge in [-0.2, -0.15) is 4.37 Å². The first-order valence-corrected chi connectivity index (χ1v) is 7.84. The summed E-state index contributed by atoms with van der Waals surface area (Å²) in [7, 11) is 2.09. The van der Waals surface area contributed by atoms with Crippen LogP contribution in [0.1, 0.15) is 16.6 Å². The topological polar surface area (TPSA) is 30.3 Å². The summed E-state index contributed by atoms with van der Waals surface area (Å²) in [6.07, 6.45) is 3.96. The summed E-state index contributed by atoms with van der Waals surface area (Å²) in [5, 5.41) is 0. The molecule has 1 saturated heterocycles. The van der Waals surface area contributed by atoms with Gasteiger partial charge in [-0.05, 0) is 39.6 Å². The molecule has 0 radical (unpaired) electrons. The lowest BCUT2D eigenvalue weighted by Crippen LogP contribution is -2.39. The molecule has 1 fully saturated rings. The van der Waals surface area contributed by atoms with Crippen LogP contribution >= 0.6 is 27.5 Å². The summed E-state index contributed by atoms with van der Waals surface area (Å²) >= 11 is 5.12. The van der Waals surface area contributed by atoms with Crippen LogP contribution in [0, 0.1) is 0 Å². The second-order valence-electron chi connectivity index (χ2n) is 4.70. The highest BCUT2D eigenvalue weighted by atomic mass is 79.9. The second kappa shape index (κ2) is 5.75. The smallest absolute Gasteiger partial charge is 0.0741 e. The molecule has 102 valence electrons. The van der Waals surface area contributed by atoms with Crippen LogP contribution in [-0.4, -0.2) is 33.6 Å². The molecule has 1 unspecified atom stereocenters. The lowest BCUT2D eigenvalue weighted by molar-refractivity contribution is -0.0148. The Labute approximate surface area is 125 Å². The van der Waals surface area contributed by atoms with Gasteiger partial charge in [-0.1, -0.05) is 0 Å². The molecule has 0 aromatic carbocycles. The number of nitrogens with zero attached hydrogens (tertiary/aromatic N) is 3. The van der Waals surface area contributed by atoms with Crippen molar-refractivity contribution < 1.29 is 4.74 Å². The summed E-state index contributed by atoms with van der Waals surface area (Å²) in [6.45, 7) is 3.44. The molecule has 1 aliphatic rings. The Morgan fingerprint density at radius 3 is 3.16 bits per heavy atom. The van der Waals surface area contributed by atoms with Crippen molar-refractivity contribution in [3.8, 4) is 0 Å². The normalized spacial score (nSPS) is 20.8. The molecule has 1 atom stereocenters. The van der Waals surface area contributed by atoms with E-state index in [1.165, 1.54) is 10.6 Å². The van der Waals surface area contributed by atoms with E-state index in [9.17, 15) is 0 Å². The summed E-state index contributed by atoms with van der Waals surface area (Å²) < 4.78 is 13.2. The molecule has 3 rings (SSSR count). The van der Waals surface area contributed by atoms with E-state index >= 15 is 0 Å². The molecule has 0 spiro atoms. The zero-order chi connectivity index (χ0) is 13.2. The van der Waals surface area contributed by atoms with Gasteiger partial charge in [-0.3, -0.25) is 4.90 Å². The van der Waals surface area contributed by atoms with Gasteiger partial charge in [-0.25, -0.2) is 0 Å². The van der Waals surface area contributed by atoms with Gasteiger partial charge in [0.2, 0.25) is 0 Å². The Bertz CT molecular complexity index is 554. The number of ether oxygens (including phenoxy) is 1. The highest BCUT2D eigenvalue weighted by Gasteiger charge is 2.27. The third-order valence-corrected chi connectivity index (χ3v) is 5.23. The van der Waals surface area contributed by atoms with Crippen LogP contribution in [0.5, 0.6) is 0 Å². The van der Waals surface area contributed by atoms with Gasteiger partial charge in [-0.15, -0.1) is 0 Å². The highest BCUT2D eigenvalue weighted by molar-refractivity contribution is 9.10. The predicted molar refractivity (Wildman–Crippen MR) is 79.2 cm³/mol. The Morgan fingerprint density at radius 1 is 1.58 bits per heavy atom. The minimum absolute atomic E-state index is 0.322. The van der Waals surface area contributed by atoms with E-state index in [0.29, 0.717) is 6.04 Å². The maximum absolute atomic E-state index is 5.66. The minimum atomic E-state index is 0.322. The monoisotopic (exact) mass is 341 g/mol. The molecule has 0 bridgehead atoms. The van der Waals surface area contributed by atoms with Crippen LogP contribution < -0.4 is 0 Å². The number of aryl methyl sites for hydroxylation is 1. The standard InChI is InChI=1S/C13H16BrN3OS/c1-16-4-2-3-11(16)12-9-18-6-5-17(12)8-13-10(14)7-15-19-13/h2-4,7,12H,5-6,8-9H2,1H3. The lowest BCUT2D eigenvalue weighted by Gasteiger charge is -2.35. The van der Waals surface area contributed by atoms with E-state index in [0.717, 1.165) is 30.8 Å². The fraction of sp³-hybridized carbons (Fsp3) is 0.462. The molecule has 4 nitrogen and oxygen atoms in total. The fourth-order valence-electron chi connectivity index (χ4n) is 2.46. The summed E-state index contributed by atoms with van der Waals surface area (Å²) in [6, 6.07) is 4.58. The van der Waals surface area contributed by atoms with Gasteiger partial charge in [0.15, 0.2) is 0 Å². The molecule has 0 amide bonds. The van der Waals surface area contributed by atoms with Gasteiger partial charge in [0.05, 0.1) is 34.8 Å². The number of morpholine rings is 1. The zero-order valence-corrected chi connectivity index (χ0v) is 13.2. The SMILES string of the molecule is Cn1cccc1C1COCCN1Cc1sncc1Br. The minimum Gasteiger partial charge on any atom is -0.378 e. The molecule has 0 N–H and O–H groups in total. The maximum atomic E-state index is 5.66. The van der Waals surface area contributed by atoms with Crippen LogP contribution in [0.3, 0.4) is 0 Å². The molecular weight excluding hydrogens is 326 g/mol. The maximum Gasteiger partial charge on any atom is 0.0741 e. The predicted octanol–water partition coefficient (Wildman–Crippen LogP) is 2.82. The van der Waals surface area contributed by atoms with Crippen molar-refractivity contribution in [1.29, 1.82) is 0 Å². The molecular formula is C13H16BrN3OS. The molecule has 19 heavy (non-hydrogen) atoms. The van der Waals surface area contributed by atoms with E-state index in [-0.39, 0.29) is 0 Å². The third kappa shape index (κ3) is 2.76. The van der Waals surface area contributed by atoms with Crippen molar-refractivity contribution in [3.05, 3.63) is 39.6 Å². The second-order valence-corrected chi connectivity index (χ2v) is 6.44. The van der Waals surface area contributed by atoms with Gasteiger partial charge in [0.25, 0.3) is 0 Å². The molecule has 2 aromatic heterocycles. The van der Waals surface area contributed by atoms with E-state index in [2.05, 4.69) is 55.1 Å². The number of hydrogen-bond acceptors (Lipinski definition) is 4. The molecule has 1 aliphatic heterocycles. The van der Waals surface area contributed by atoms with Gasteiger partial charge in [0.1, 0.15) is 0 Å². The summed E-state index contributed by atoms with van der Waals surface area (Å²) in [4.78, 5) is 3.75. The molecule has 0 aliphatic carbocycles. The third-order valence-electron chi connectivity index (χ3n) is 3.51. The first kappa shape index (κ1) is 13.3. The van der Waals surface area contributed by atoms with E-state index in [4.69, 9.17) is 4.74 Å². The lowest BCUT2D eigenvalue weighted by atomic mass is 10.1. The van der Waals surface area contributed by atoms with Gasteiger partial charge < -0.3 is 9.30 Å². The van der Waals surface area contributed by atoms with Gasteiger partial charge >= 0.3 is 0 Å². The first-order chi connectivity index (χ1) is 9.25. The van der Waals surface area contributed by atoms with Crippen molar-refractivity contribution in [3.63, 3.8) is 0 Å². The molecule has 6 heteroatoms. The van der Waals surface area contributed by atoms with Crippen molar-refractivity contribution in [2.45, 2.75) is 12.6 Å². The molecule has 0 saturated carbocycles. The van der Waals surface area contributed by atoms with Crippen LogP contribution in [0.25, 0.3) is 0 Å². The fourth-order valence-corrected chi connectivity index (χ4v) is 3.69. The van der Waals surface area contributed by atoms with E-state index in [1.54, 1.807) is 11.5 Å². The van der Waals surface area contributed by atoms with Crippen molar-refractivity contribution in [2.24, 2.45) is 7.05 Å². The zero-order valence-electron chi connectivity index (χ0n) is 10.8. The Morgan fingerprint density at radius 2 is 2.47 bits per heavy atom. The number of halogens is 1. The quantitative estimate of drug-likeness (QED) is 0.859. The molecule has 2 aromatic rings. The summed E-state index contributed by atoms with van der Waals surface area (Å²) in [5.41, 5.74) is 1.31. The van der Waals surface area contributed by atoms with Crippen molar-refractivity contribution in [2.75, 3.05) is 19.8 Å². The van der Waals surface area contributed by atoms with Crippen molar-refractivity contribution >= 4 is 27.5 Å². The average molecular weight is 342 g/mol. The van der Waals surface area contributed by atoms with Crippen LogP contribution in [0.15, 0.2) is 29.0 Å². The largest absolute Gasteiger partial charge is 0.378 e. The number of aromatic nitrogens is 2. The van der Waals surface area contributed by atoms with Crippen LogP contribution in [0.2, 0.25) is 0 Å². The number of hydrogen-bond donors (Lipinski definition) is 0. The van der Waals surface area contributed by atoms with E-state index in [1.807, 2.05) is 6.20 Å². The Hall–Kier alpha value is -0.690. The first-order valence-electron chi connectivity index (χ1n) is 6.28. The van der Waals surface area contributed by atoms with Crippen LogP contribution in [0.4, 0.5) is 0 Å².